The number of carbonyl (C=O) groups excluding carboxylic acids is 1. The first-order chi connectivity index (χ1) is 7.63. The molecule has 0 bridgehead atoms. The number of nitrogens with two attached hydrogens (primary N) is 1. The number of nitrogens with zero attached hydrogens (tertiary/aromatic N) is 3. The van der Waals surface area contributed by atoms with E-state index in [1.165, 1.54) is 4.68 Å². The summed E-state index contributed by atoms with van der Waals surface area (Å²) in [6.45, 7) is 3.94. The Hall–Kier alpha value is -1.56. The molecule has 0 atom stereocenters. The number of carbonyl (C=O) groups is 1. The third-order valence-corrected chi connectivity index (χ3v) is 2.16. The van der Waals surface area contributed by atoms with Gasteiger partial charge in [0.2, 0.25) is 5.91 Å². The molecule has 0 fully saturated rings. The van der Waals surface area contributed by atoms with Gasteiger partial charge in [-0.1, -0.05) is 0 Å². The Balaban J connectivity index is 2.34. The summed E-state index contributed by atoms with van der Waals surface area (Å²) in [5.74, 6) is 0.410. The van der Waals surface area contributed by atoms with Gasteiger partial charge in [-0.15, -0.1) is 0 Å². The smallest absolute Gasteiger partial charge is 0.244 e. The van der Waals surface area contributed by atoms with Crippen molar-refractivity contribution in [3.8, 4) is 0 Å². The van der Waals surface area contributed by atoms with Gasteiger partial charge in [0.25, 0.3) is 0 Å². The zero-order valence-electron chi connectivity index (χ0n) is 9.72. The lowest BCUT2D eigenvalue weighted by atomic mass is 10.5. The van der Waals surface area contributed by atoms with Crippen molar-refractivity contribution in [1.29, 1.82) is 0 Å². The van der Waals surface area contributed by atoms with Crippen molar-refractivity contribution in [3.05, 3.63) is 12.3 Å². The van der Waals surface area contributed by atoms with Gasteiger partial charge >= 0.3 is 0 Å². The maximum absolute atomic E-state index is 11.7. The predicted octanol–water partition coefficient (Wildman–Crippen LogP) is -0.0398. The van der Waals surface area contributed by atoms with Crippen LogP contribution in [0.3, 0.4) is 0 Å². The number of aromatic nitrogens is 2. The number of hydrogen-bond acceptors (Lipinski definition) is 4. The minimum absolute atomic E-state index is 0.0113. The van der Waals surface area contributed by atoms with E-state index in [4.69, 9.17) is 10.5 Å². The molecule has 0 spiro atoms. The van der Waals surface area contributed by atoms with Crippen molar-refractivity contribution in [3.63, 3.8) is 0 Å². The maximum Gasteiger partial charge on any atom is 0.244 e. The highest BCUT2D eigenvalue weighted by atomic mass is 16.5. The van der Waals surface area contributed by atoms with Crippen LogP contribution in [-0.4, -0.2) is 47.4 Å². The second-order valence-electron chi connectivity index (χ2n) is 3.45. The van der Waals surface area contributed by atoms with Crippen LogP contribution in [-0.2, 0) is 16.1 Å². The molecule has 0 radical (unpaired) electrons. The highest BCUT2D eigenvalue weighted by molar-refractivity contribution is 5.75. The number of amides is 1. The first-order valence-corrected chi connectivity index (χ1v) is 5.24. The molecule has 1 amide bonds. The van der Waals surface area contributed by atoms with Gasteiger partial charge in [0.05, 0.1) is 6.61 Å². The van der Waals surface area contributed by atoms with Gasteiger partial charge in [-0.05, 0) is 13.0 Å². The van der Waals surface area contributed by atoms with E-state index < -0.39 is 0 Å². The molecule has 1 aromatic rings. The molecule has 0 saturated heterocycles. The SMILES string of the molecule is CCOCCN(C)C(=O)Cn1ccc(N)n1. The van der Waals surface area contributed by atoms with E-state index in [0.29, 0.717) is 25.6 Å². The summed E-state index contributed by atoms with van der Waals surface area (Å²) in [6.07, 6.45) is 1.68. The molecular formula is C10H18N4O2. The van der Waals surface area contributed by atoms with Crippen LogP contribution in [0.4, 0.5) is 5.82 Å². The lowest BCUT2D eigenvalue weighted by molar-refractivity contribution is -0.131. The molecule has 0 aliphatic heterocycles. The normalized spacial score (nSPS) is 10.4. The Morgan fingerprint density at radius 1 is 1.69 bits per heavy atom. The van der Waals surface area contributed by atoms with Crippen LogP contribution < -0.4 is 5.73 Å². The Morgan fingerprint density at radius 3 is 3.00 bits per heavy atom. The number of nitrogen functional groups attached to an aromatic ring is 1. The molecule has 6 nitrogen and oxygen atoms in total. The standard InChI is InChI=1S/C10H18N4O2/c1-3-16-7-6-13(2)10(15)8-14-5-4-9(11)12-14/h4-5H,3,6-8H2,1-2H3,(H2,11,12). The minimum Gasteiger partial charge on any atom is -0.382 e. The molecule has 1 heterocycles. The van der Waals surface area contributed by atoms with Gasteiger partial charge < -0.3 is 15.4 Å². The third kappa shape index (κ3) is 3.90. The number of anilines is 1. The average Bonchev–Trinajstić information content (AvgIpc) is 2.64. The van der Waals surface area contributed by atoms with E-state index in [9.17, 15) is 4.79 Å². The molecule has 0 aliphatic carbocycles. The summed E-state index contributed by atoms with van der Waals surface area (Å²) in [5.41, 5.74) is 5.45. The summed E-state index contributed by atoms with van der Waals surface area (Å²) in [4.78, 5) is 13.3. The van der Waals surface area contributed by atoms with Gasteiger partial charge in [0.15, 0.2) is 0 Å². The summed E-state index contributed by atoms with van der Waals surface area (Å²) in [5, 5.41) is 3.95. The second-order valence-corrected chi connectivity index (χ2v) is 3.45. The number of rotatable bonds is 6. The van der Waals surface area contributed by atoms with Crippen LogP contribution in [0, 0.1) is 0 Å². The molecule has 90 valence electrons. The highest BCUT2D eigenvalue weighted by Crippen LogP contribution is 1.97. The lowest BCUT2D eigenvalue weighted by Crippen LogP contribution is -2.33. The molecule has 0 saturated carbocycles. The molecular weight excluding hydrogens is 208 g/mol. The fraction of sp³-hybridized carbons (Fsp3) is 0.600. The Morgan fingerprint density at radius 2 is 2.44 bits per heavy atom. The summed E-state index contributed by atoms with van der Waals surface area (Å²) < 4.78 is 6.69. The molecule has 1 aromatic heterocycles. The first kappa shape index (κ1) is 12.5. The van der Waals surface area contributed by atoms with Gasteiger partial charge in [-0.2, -0.15) is 5.10 Å². The van der Waals surface area contributed by atoms with E-state index >= 15 is 0 Å². The average molecular weight is 226 g/mol. The second kappa shape index (κ2) is 6.12. The fourth-order valence-corrected chi connectivity index (χ4v) is 1.20. The van der Waals surface area contributed by atoms with Gasteiger partial charge in [-0.25, -0.2) is 0 Å². The van der Waals surface area contributed by atoms with Crippen LogP contribution in [0.5, 0.6) is 0 Å². The molecule has 0 aromatic carbocycles. The Bertz CT molecular complexity index is 337. The van der Waals surface area contributed by atoms with E-state index in [1.807, 2.05) is 6.92 Å². The zero-order valence-corrected chi connectivity index (χ0v) is 9.72. The maximum atomic E-state index is 11.7. The minimum atomic E-state index is -0.0113. The topological polar surface area (TPSA) is 73.4 Å². The Labute approximate surface area is 95.0 Å². The molecule has 1 rings (SSSR count). The van der Waals surface area contributed by atoms with Gasteiger partial charge in [-0.3, -0.25) is 9.48 Å². The summed E-state index contributed by atoms with van der Waals surface area (Å²) in [7, 11) is 1.74. The monoisotopic (exact) mass is 226 g/mol. The van der Waals surface area contributed by atoms with Crippen molar-refractivity contribution in [2.45, 2.75) is 13.5 Å². The third-order valence-electron chi connectivity index (χ3n) is 2.16. The van der Waals surface area contributed by atoms with Crippen LogP contribution >= 0.6 is 0 Å². The van der Waals surface area contributed by atoms with Crippen molar-refractivity contribution in [2.75, 3.05) is 32.5 Å². The number of hydrogen-bond donors (Lipinski definition) is 1. The van der Waals surface area contributed by atoms with Crippen molar-refractivity contribution in [2.24, 2.45) is 0 Å². The summed E-state index contributed by atoms with van der Waals surface area (Å²) in [6, 6.07) is 1.66. The first-order valence-electron chi connectivity index (χ1n) is 5.24. The zero-order chi connectivity index (χ0) is 12.0. The van der Waals surface area contributed by atoms with Crippen molar-refractivity contribution >= 4 is 11.7 Å². The van der Waals surface area contributed by atoms with E-state index in [1.54, 1.807) is 24.2 Å². The molecule has 0 aliphatic rings. The van der Waals surface area contributed by atoms with Crippen molar-refractivity contribution in [1.82, 2.24) is 14.7 Å². The molecule has 6 heteroatoms. The van der Waals surface area contributed by atoms with Gasteiger partial charge in [0, 0.05) is 26.4 Å². The Kier molecular flexibility index (Phi) is 4.78. The quantitative estimate of drug-likeness (QED) is 0.691. The van der Waals surface area contributed by atoms with Crippen molar-refractivity contribution < 1.29 is 9.53 Å². The lowest BCUT2D eigenvalue weighted by Gasteiger charge is -2.16. The van der Waals surface area contributed by atoms with E-state index in [-0.39, 0.29) is 12.5 Å². The number of ether oxygens (including phenoxy) is 1. The highest BCUT2D eigenvalue weighted by Gasteiger charge is 2.09. The molecule has 2 N–H and O–H groups in total. The molecule has 16 heavy (non-hydrogen) atoms. The van der Waals surface area contributed by atoms with Gasteiger partial charge in [0.1, 0.15) is 12.4 Å². The number of likely N-dealkylation sites (N-methyl/N-ethyl adjacent to an activating group) is 1. The molecule has 0 unspecified atom stereocenters. The van der Waals surface area contributed by atoms with Crippen LogP contribution in [0.1, 0.15) is 6.92 Å². The predicted molar refractivity (Wildman–Crippen MR) is 60.8 cm³/mol. The fourth-order valence-electron chi connectivity index (χ4n) is 1.20. The van der Waals surface area contributed by atoms with E-state index in [2.05, 4.69) is 5.10 Å². The van der Waals surface area contributed by atoms with Crippen LogP contribution in [0.2, 0.25) is 0 Å². The van der Waals surface area contributed by atoms with E-state index in [0.717, 1.165) is 0 Å². The van der Waals surface area contributed by atoms with Crippen LogP contribution in [0.25, 0.3) is 0 Å². The summed E-state index contributed by atoms with van der Waals surface area (Å²) >= 11 is 0. The van der Waals surface area contributed by atoms with Crippen LogP contribution in [0.15, 0.2) is 12.3 Å². The largest absolute Gasteiger partial charge is 0.382 e.